The summed E-state index contributed by atoms with van der Waals surface area (Å²) in [5.41, 5.74) is 21.4. The molecule has 0 aliphatic carbocycles. The van der Waals surface area contributed by atoms with Gasteiger partial charge in [-0.05, 0) is 133 Å². The van der Waals surface area contributed by atoms with Crippen molar-refractivity contribution in [3.8, 4) is 11.1 Å². The number of benzene rings is 8. The minimum atomic E-state index is 0.250. The van der Waals surface area contributed by atoms with Gasteiger partial charge in [0.05, 0.1) is 0 Å². The molecule has 0 heterocycles. The third-order valence-electron chi connectivity index (χ3n) is 10.4. The van der Waals surface area contributed by atoms with Crippen molar-refractivity contribution in [1.82, 2.24) is 0 Å². The number of rotatable bonds is 7. The molecule has 0 bridgehead atoms. The minimum Gasteiger partial charge on any atom is -0.397 e. The van der Waals surface area contributed by atoms with Crippen LogP contribution < -0.4 is 0 Å². The first-order valence-corrected chi connectivity index (χ1v) is 31.5. The molecule has 0 saturated heterocycles. The Morgan fingerprint density at radius 3 is 0.400 bits per heavy atom. The number of hydrogen-bond donors (Lipinski definition) is 2. The summed E-state index contributed by atoms with van der Waals surface area (Å²) < 4.78 is 8.50. The lowest BCUT2D eigenvalue weighted by Crippen LogP contribution is -1.88. The van der Waals surface area contributed by atoms with Crippen LogP contribution in [-0.4, -0.2) is 51.9 Å². The summed E-state index contributed by atoms with van der Waals surface area (Å²) in [4.78, 5) is 0. The summed E-state index contributed by atoms with van der Waals surface area (Å²) in [5.74, 6) is 0. The van der Waals surface area contributed by atoms with Crippen LogP contribution in [0, 0.1) is 55.4 Å². The maximum atomic E-state index is 7.57. The second kappa shape index (κ2) is 66.7. The van der Waals surface area contributed by atoms with E-state index >= 15 is 0 Å². The molecular formula is C81H126O4. The van der Waals surface area contributed by atoms with E-state index in [-0.39, 0.29) is 13.2 Å². The van der Waals surface area contributed by atoms with Crippen molar-refractivity contribution in [1.29, 1.82) is 0 Å². The van der Waals surface area contributed by atoms with Gasteiger partial charge < -0.3 is 19.7 Å². The zero-order valence-electron chi connectivity index (χ0n) is 59.1. The highest BCUT2D eigenvalue weighted by Crippen LogP contribution is 2.20. The zero-order valence-corrected chi connectivity index (χ0v) is 59.1. The third kappa shape index (κ3) is 55.2. The Morgan fingerprint density at radius 1 is 0.224 bits per heavy atom. The molecule has 0 amide bonds. The lowest BCUT2D eigenvalue weighted by atomic mass is 10.0. The normalized spacial score (nSPS) is 8.66. The van der Waals surface area contributed by atoms with Crippen LogP contribution in [-0.2, 0) is 28.7 Å². The Morgan fingerprint density at radius 2 is 0.306 bits per heavy atom. The average molecular weight is 1160 g/mol. The predicted molar refractivity (Wildman–Crippen MR) is 386 cm³/mol. The maximum absolute atomic E-state index is 7.57. The topological polar surface area (TPSA) is 58.9 Å². The van der Waals surface area contributed by atoms with Gasteiger partial charge in [0, 0.05) is 41.7 Å². The third-order valence-corrected chi connectivity index (χ3v) is 10.4. The Balaban J connectivity index is -0.000000216. The molecule has 8 rings (SSSR count). The molecule has 8 aromatic carbocycles. The van der Waals surface area contributed by atoms with Gasteiger partial charge in [-0.15, -0.1) is 0 Å². The highest BCUT2D eigenvalue weighted by atomic mass is 16.5. The van der Waals surface area contributed by atoms with Gasteiger partial charge in [-0.3, -0.25) is 0 Å². The first kappa shape index (κ1) is 89.8. The Kier molecular flexibility index (Phi) is 70.5. The molecule has 4 nitrogen and oxygen atoms in total. The van der Waals surface area contributed by atoms with Crippen LogP contribution in [0.25, 0.3) is 11.1 Å². The highest BCUT2D eigenvalue weighted by molar-refractivity contribution is 5.63. The molecule has 0 radical (unpaired) electrons. The minimum absolute atomic E-state index is 0.250. The summed E-state index contributed by atoms with van der Waals surface area (Å²) in [7, 11) is 6.50. The summed E-state index contributed by atoms with van der Waals surface area (Å²) in [6.45, 7) is 45.3. The Hall–Kier alpha value is -6.40. The molecular weight excluding hydrogens is 1040 g/mol. The average Bonchev–Trinajstić information content (AvgIpc) is 3.60. The quantitative estimate of drug-likeness (QED) is 0.167. The van der Waals surface area contributed by atoms with Gasteiger partial charge in [0.1, 0.15) is 0 Å². The van der Waals surface area contributed by atoms with Crippen LogP contribution >= 0.6 is 0 Å². The van der Waals surface area contributed by atoms with E-state index in [1.807, 2.05) is 55.4 Å². The van der Waals surface area contributed by atoms with Crippen LogP contribution in [0.3, 0.4) is 0 Å². The summed E-state index contributed by atoms with van der Waals surface area (Å²) >= 11 is 0. The van der Waals surface area contributed by atoms with E-state index in [1.54, 1.807) is 42.3 Å². The number of aryl methyl sites for hydroxylation is 8. The molecule has 0 aliphatic rings. The van der Waals surface area contributed by atoms with Crippen LogP contribution in [0.1, 0.15) is 188 Å². The molecule has 0 aliphatic heterocycles. The molecule has 4 heteroatoms. The predicted octanol–water partition coefficient (Wildman–Crippen LogP) is 23.1. The van der Waals surface area contributed by atoms with Gasteiger partial charge in [0.25, 0.3) is 0 Å². The van der Waals surface area contributed by atoms with E-state index in [2.05, 4.69) is 287 Å². The molecule has 474 valence electrons. The first-order chi connectivity index (χ1) is 41.0. The lowest BCUT2D eigenvalue weighted by molar-refractivity contribution is 0.277. The Bertz CT molecular complexity index is 2110. The second-order valence-electron chi connectivity index (χ2n) is 19.0. The van der Waals surface area contributed by atoms with Crippen molar-refractivity contribution in [2.45, 2.75) is 184 Å². The summed E-state index contributed by atoms with van der Waals surface area (Å²) in [6.07, 6.45) is 5.58. The molecule has 2 N–H and O–H groups in total. The fourth-order valence-corrected chi connectivity index (χ4v) is 6.43. The van der Waals surface area contributed by atoms with Crippen molar-refractivity contribution in [3.63, 3.8) is 0 Å². The molecule has 0 unspecified atom stereocenters. The van der Waals surface area contributed by atoms with Gasteiger partial charge >= 0.3 is 0 Å². The molecule has 0 spiro atoms. The smallest absolute Gasteiger partial charge is 0.0402 e. The first-order valence-electron chi connectivity index (χ1n) is 31.5. The van der Waals surface area contributed by atoms with Crippen molar-refractivity contribution in [3.05, 3.63) is 272 Å². The molecule has 0 fully saturated rings. The fraction of sp³-hybridized carbons (Fsp3) is 0.407. The van der Waals surface area contributed by atoms with E-state index < -0.39 is 0 Å². The highest BCUT2D eigenvalue weighted by Gasteiger charge is 1.99. The van der Waals surface area contributed by atoms with E-state index in [0.29, 0.717) is 0 Å². The van der Waals surface area contributed by atoms with Gasteiger partial charge in [0.2, 0.25) is 0 Å². The molecule has 8 aromatic rings. The van der Waals surface area contributed by atoms with Gasteiger partial charge in [-0.25, -0.2) is 0 Å². The zero-order chi connectivity index (χ0) is 66.2. The second-order valence-corrected chi connectivity index (χ2v) is 19.0. The summed E-state index contributed by atoms with van der Waals surface area (Å²) in [6, 6.07) is 69.7. The number of aliphatic hydroxyl groups excluding tert-OH is 2. The number of ether oxygens (including phenoxy) is 2. The van der Waals surface area contributed by atoms with Crippen LogP contribution in [0.4, 0.5) is 0 Å². The van der Waals surface area contributed by atoms with Crippen LogP contribution in [0.5, 0.6) is 0 Å². The monoisotopic (exact) mass is 1160 g/mol. The van der Waals surface area contributed by atoms with Crippen molar-refractivity contribution in [2.24, 2.45) is 0 Å². The maximum Gasteiger partial charge on any atom is 0.0402 e. The van der Waals surface area contributed by atoms with Gasteiger partial charge in [-0.1, -0.05) is 335 Å². The van der Waals surface area contributed by atoms with Gasteiger partial charge in [-0.2, -0.15) is 0 Å². The largest absolute Gasteiger partial charge is 0.397 e. The lowest BCUT2D eigenvalue weighted by Gasteiger charge is -2.03. The van der Waals surface area contributed by atoms with E-state index in [4.69, 9.17) is 10.2 Å². The van der Waals surface area contributed by atoms with Gasteiger partial charge in [0.15, 0.2) is 0 Å². The SMILES string of the molecule is CC.CC.CC.CC.CCC.CCC.CCO.CCO.COC.COC.Cc1ccc(-c2ccc(C)cc2)cc1.Cc1ccc(Cc2ccc(C)cc2)cc1.Cc1ccc(Cc2ccc(C)cc2)cc1.Cc1ccc(Cc2ccc(C)cc2)cc1. The van der Waals surface area contributed by atoms with Crippen molar-refractivity contribution >= 4 is 0 Å². The van der Waals surface area contributed by atoms with E-state index in [0.717, 1.165) is 19.3 Å². The summed E-state index contributed by atoms with van der Waals surface area (Å²) in [5, 5.41) is 15.1. The number of aliphatic hydroxyl groups is 2. The molecule has 0 aromatic heterocycles. The van der Waals surface area contributed by atoms with E-state index in [1.165, 1.54) is 102 Å². The standard InChI is InChI=1S/3C15H16.C14H14.2C3H8.4C2H6O.4C2H6/c3*1-12-3-7-14(8-4-12)11-15-9-5-13(2)6-10-15;1-11-3-7-13(8-4-11)14-9-5-12(2)6-10-14;4*1-3-2;2*1-2-3;4*1-2/h3*3-10H,11H2,1-2H3;3-10H,1-2H3;2*3H2,1-2H3;2*1-2H3;2*3H,2H2,1H3;4*1-2H3. The molecule has 0 atom stereocenters. The number of hydrogen-bond acceptors (Lipinski definition) is 4. The fourth-order valence-electron chi connectivity index (χ4n) is 6.43. The van der Waals surface area contributed by atoms with Crippen LogP contribution in [0.15, 0.2) is 194 Å². The van der Waals surface area contributed by atoms with Crippen molar-refractivity contribution in [2.75, 3.05) is 41.7 Å². The number of methoxy groups -OCH3 is 2. The Labute approximate surface area is 526 Å². The molecule has 0 saturated carbocycles. The van der Waals surface area contributed by atoms with Crippen LogP contribution in [0.2, 0.25) is 0 Å². The molecule has 85 heavy (non-hydrogen) atoms. The van der Waals surface area contributed by atoms with Crippen molar-refractivity contribution < 1.29 is 19.7 Å². The van der Waals surface area contributed by atoms with E-state index in [9.17, 15) is 0 Å².